The SMILES string of the molecule is CC(=O)c1ccccc1NC(=O)C(C)Oc1ccc(C(C)C)c(C)c1. The van der Waals surface area contributed by atoms with Crippen LogP contribution in [0.1, 0.15) is 55.1 Å². The summed E-state index contributed by atoms with van der Waals surface area (Å²) in [6, 6.07) is 12.8. The van der Waals surface area contributed by atoms with Crippen LogP contribution in [0, 0.1) is 6.92 Å². The number of carbonyl (C=O) groups is 2. The molecule has 1 atom stereocenters. The van der Waals surface area contributed by atoms with Crippen LogP contribution in [-0.4, -0.2) is 17.8 Å². The molecule has 2 aromatic rings. The molecule has 0 radical (unpaired) electrons. The second kappa shape index (κ2) is 7.97. The maximum absolute atomic E-state index is 12.4. The van der Waals surface area contributed by atoms with Crippen LogP contribution in [0.2, 0.25) is 0 Å². The summed E-state index contributed by atoms with van der Waals surface area (Å²) in [5.74, 6) is 0.714. The average molecular weight is 339 g/mol. The Balaban J connectivity index is 2.09. The van der Waals surface area contributed by atoms with Crippen molar-refractivity contribution in [1.29, 1.82) is 0 Å². The fraction of sp³-hybridized carbons (Fsp3) is 0.333. The van der Waals surface area contributed by atoms with Crippen molar-refractivity contribution in [2.75, 3.05) is 5.32 Å². The number of para-hydroxylation sites is 1. The molecule has 0 fully saturated rings. The monoisotopic (exact) mass is 339 g/mol. The number of amides is 1. The van der Waals surface area contributed by atoms with Gasteiger partial charge in [0, 0.05) is 5.56 Å². The Morgan fingerprint density at radius 1 is 1.04 bits per heavy atom. The molecule has 0 spiro atoms. The van der Waals surface area contributed by atoms with E-state index in [1.807, 2.05) is 25.1 Å². The summed E-state index contributed by atoms with van der Waals surface area (Å²) in [5.41, 5.74) is 3.39. The number of ketones is 1. The second-order valence-corrected chi connectivity index (χ2v) is 6.52. The van der Waals surface area contributed by atoms with Gasteiger partial charge in [0.05, 0.1) is 5.69 Å². The zero-order chi connectivity index (χ0) is 18.6. The molecule has 0 heterocycles. The van der Waals surface area contributed by atoms with E-state index in [1.54, 1.807) is 31.2 Å². The Kier molecular flexibility index (Phi) is 5.97. The molecule has 0 aliphatic heterocycles. The van der Waals surface area contributed by atoms with Crippen molar-refractivity contribution >= 4 is 17.4 Å². The van der Waals surface area contributed by atoms with Gasteiger partial charge in [-0.15, -0.1) is 0 Å². The van der Waals surface area contributed by atoms with E-state index in [9.17, 15) is 9.59 Å². The highest BCUT2D eigenvalue weighted by molar-refractivity contribution is 6.04. The lowest BCUT2D eigenvalue weighted by molar-refractivity contribution is -0.122. The first-order valence-electron chi connectivity index (χ1n) is 8.47. The number of Topliss-reactive ketones (excluding diaryl/α,β-unsaturated/α-hetero) is 1. The lowest BCUT2D eigenvalue weighted by Crippen LogP contribution is -2.30. The molecule has 0 aliphatic rings. The van der Waals surface area contributed by atoms with E-state index in [0.29, 0.717) is 22.9 Å². The first-order valence-corrected chi connectivity index (χ1v) is 8.47. The fourth-order valence-corrected chi connectivity index (χ4v) is 2.76. The number of anilines is 1. The largest absolute Gasteiger partial charge is 0.481 e. The van der Waals surface area contributed by atoms with E-state index in [4.69, 9.17) is 4.74 Å². The standard InChI is InChI=1S/C21H25NO3/c1-13(2)18-11-10-17(12-14(18)3)25-16(5)21(24)22-20-9-7-6-8-19(20)15(4)23/h6-13,16H,1-5H3,(H,22,24). The predicted octanol–water partition coefficient (Wildman–Crippen LogP) is 4.73. The number of hydrogen-bond acceptors (Lipinski definition) is 3. The summed E-state index contributed by atoms with van der Waals surface area (Å²) in [6.07, 6.45) is -0.677. The van der Waals surface area contributed by atoms with Gasteiger partial charge in [-0.1, -0.05) is 32.0 Å². The first-order chi connectivity index (χ1) is 11.8. The fourth-order valence-electron chi connectivity index (χ4n) is 2.76. The third-order valence-corrected chi connectivity index (χ3v) is 4.11. The molecule has 0 bridgehead atoms. The molecule has 132 valence electrons. The Morgan fingerprint density at radius 2 is 1.72 bits per heavy atom. The number of ether oxygens (including phenoxy) is 1. The van der Waals surface area contributed by atoms with Crippen LogP contribution in [0.5, 0.6) is 5.75 Å². The lowest BCUT2D eigenvalue weighted by Gasteiger charge is -2.17. The molecular formula is C21H25NO3. The maximum atomic E-state index is 12.4. The van der Waals surface area contributed by atoms with Gasteiger partial charge in [0.2, 0.25) is 0 Å². The summed E-state index contributed by atoms with van der Waals surface area (Å²) in [4.78, 5) is 24.1. The minimum atomic E-state index is -0.677. The molecule has 1 N–H and O–H groups in total. The molecule has 0 saturated heterocycles. The predicted molar refractivity (Wildman–Crippen MR) is 100 cm³/mol. The Bertz CT molecular complexity index is 780. The van der Waals surface area contributed by atoms with Gasteiger partial charge in [-0.2, -0.15) is 0 Å². The van der Waals surface area contributed by atoms with Crippen molar-refractivity contribution in [3.8, 4) is 5.75 Å². The van der Waals surface area contributed by atoms with Crippen LogP contribution in [0.25, 0.3) is 0 Å². The second-order valence-electron chi connectivity index (χ2n) is 6.52. The number of hydrogen-bond donors (Lipinski definition) is 1. The highest BCUT2D eigenvalue weighted by Crippen LogP contribution is 2.24. The van der Waals surface area contributed by atoms with E-state index in [2.05, 4.69) is 19.2 Å². The van der Waals surface area contributed by atoms with Crippen molar-refractivity contribution in [1.82, 2.24) is 0 Å². The molecule has 4 nitrogen and oxygen atoms in total. The van der Waals surface area contributed by atoms with Gasteiger partial charge in [-0.25, -0.2) is 0 Å². The van der Waals surface area contributed by atoms with Crippen LogP contribution in [0.3, 0.4) is 0 Å². The van der Waals surface area contributed by atoms with E-state index in [-0.39, 0.29) is 11.7 Å². The molecule has 4 heteroatoms. The number of nitrogens with one attached hydrogen (secondary N) is 1. The quantitative estimate of drug-likeness (QED) is 0.774. The maximum Gasteiger partial charge on any atom is 0.265 e. The summed E-state index contributed by atoms with van der Waals surface area (Å²) in [7, 11) is 0. The third kappa shape index (κ3) is 4.69. The third-order valence-electron chi connectivity index (χ3n) is 4.11. The van der Waals surface area contributed by atoms with Crippen molar-refractivity contribution in [3.05, 3.63) is 59.2 Å². The summed E-state index contributed by atoms with van der Waals surface area (Å²) < 4.78 is 5.77. The average Bonchev–Trinajstić information content (AvgIpc) is 2.54. The van der Waals surface area contributed by atoms with Crippen LogP contribution in [-0.2, 0) is 4.79 Å². The number of aryl methyl sites for hydroxylation is 1. The summed E-state index contributed by atoms with van der Waals surface area (Å²) in [5, 5.41) is 2.77. The van der Waals surface area contributed by atoms with Crippen molar-refractivity contribution < 1.29 is 14.3 Å². The number of carbonyl (C=O) groups excluding carboxylic acids is 2. The molecule has 2 aromatic carbocycles. The van der Waals surface area contributed by atoms with Crippen molar-refractivity contribution in [2.24, 2.45) is 0 Å². The highest BCUT2D eigenvalue weighted by atomic mass is 16.5. The van der Waals surface area contributed by atoms with Gasteiger partial charge in [0.1, 0.15) is 5.75 Å². The summed E-state index contributed by atoms with van der Waals surface area (Å²) in [6.45, 7) is 9.49. The molecule has 0 saturated carbocycles. The Hall–Kier alpha value is -2.62. The van der Waals surface area contributed by atoms with Gasteiger partial charge in [0.15, 0.2) is 11.9 Å². The zero-order valence-corrected chi connectivity index (χ0v) is 15.4. The number of rotatable bonds is 6. The van der Waals surface area contributed by atoms with E-state index < -0.39 is 6.10 Å². The number of benzene rings is 2. The van der Waals surface area contributed by atoms with E-state index in [1.165, 1.54) is 12.5 Å². The van der Waals surface area contributed by atoms with Crippen molar-refractivity contribution in [3.63, 3.8) is 0 Å². The zero-order valence-electron chi connectivity index (χ0n) is 15.4. The van der Waals surface area contributed by atoms with E-state index >= 15 is 0 Å². The van der Waals surface area contributed by atoms with Crippen LogP contribution >= 0.6 is 0 Å². The molecule has 0 aliphatic carbocycles. The Labute approximate surface area is 149 Å². The van der Waals surface area contributed by atoms with Crippen LogP contribution < -0.4 is 10.1 Å². The van der Waals surface area contributed by atoms with Crippen LogP contribution in [0.4, 0.5) is 5.69 Å². The Morgan fingerprint density at radius 3 is 2.32 bits per heavy atom. The van der Waals surface area contributed by atoms with E-state index in [0.717, 1.165) is 5.56 Å². The lowest BCUT2D eigenvalue weighted by atomic mass is 9.98. The van der Waals surface area contributed by atoms with Crippen molar-refractivity contribution in [2.45, 2.75) is 46.6 Å². The molecule has 2 rings (SSSR count). The summed E-state index contributed by atoms with van der Waals surface area (Å²) >= 11 is 0. The minimum absolute atomic E-state index is 0.0932. The topological polar surface area (TPSA) is 55.4 Å². The minimum Gasteiger partial charge on any atom is -0.481 e. The molecule has 25 heavy (non-hydrogen) atoms. The van der Waals surface area contributed by atoms with Gasteiger partial charge in [-0.3, -0.25) is 9.59 Å². The molecular weight excluding hydrogens is 314 g/mol. The molecule has 0 aromatic heterocycles. The van der Waals surface area contributed by atoms with Crippen LogP contribution in [0.15, 0.2) is 42.5 Å². The highest BCUT2D eigenvalue weighted by Gasteiger charge is 2.17. The van der Waals surface area contributed by atoms with Gasteiger partial charge < -0.3 is 10.1 Å². The smallest absolute Gasteiger partial charge is 0.265 e. The molecule has 1 amide bonds. The van der Waals surface area contributed by atoms with Gasteiger partial charge >= 0.3 is 0 Å². The first kappa shape index (κ1) is 18.7. The normalized spacial score (nSPS) is 11.9. The molecule has 1 unspecified atom stereocenters. The van der Waals surface area contributed by atoms with Gasteiger partial charge in [0.25, 0.3) is 5.91 Å². The van der Waals surface area contributed by atoms with Gasteiger partial charge in [-0.05, 0) is 62.1 Å².